The van der Waals surface area contributed by atoms with E-state index in [0.29, 0.717) is 0 Å². The number of aryl methyl sites for hydroxylation is 1. The molecular formula is C15H17BrN+. The quantitative estimate of drug-likeness (QED) is 0.891. The summed E-state index contributed by atoms with van der Waals surface area (Å²) in [6, 6.07) is 17.2. The van der Waals surface area contributed by atoms with Crippen molar-refractivity contribution in [3.8, 4) is 0 Å². The van der Waals surface area contributed by atoms with E-state index in [9.17, 15) is 0 Å². The predicted octanol–water partition coefficient (Wildman–Crippen LogP) is 3.02. The highest BCUT2D eigenvalue weighted by molar-refractivity contribution is 9.10. The maximum atomic E-state index is 3.49. The maximum absolute atomic E-state index is 3.49. The number of quaternary nitrogens is 1. The summed E-state index contributed by atoms with van der Waals surface area (Å²) in [5.74, 6) is 0. The van der Waals surface area contributed by atoms with Crippen LogP contribution in [0.3, 0.4) is 0 Å². The van der Waals surface area contributed by atoms with Crippen LogP contribution < -0.4 is 5.32 Å². The normalized spacial score (nSPS) is 10.5. The van der Waals surface area contributed by atoms with Gasteiger partial charge in [-0.25, -0.2) is 0 Å². The Morgan fingerprint density at radius 3 is 2.35 bits per heavy atom. The summed E-state index contributed by atoms with van der Waals surface area (Å²) in [4.78, 5) is 0. The molecule has 0 spiro atoms. The fraction of sp³-hybridized carbons (Fsp3) is 0.200. The lowest BCUT2D eigenvalue weighted by Crippen LogP contribution is -2.80. The molecule has 0 aliphatic heterocycles. The molecule has 0 aliphatic rings. The van der Waals surface area contributed by atoms with Gasteiger partial charge in [-0.3, -0.25) is 0 Å². The second-order valence-electron chi connectivity index (χ2n) is 4.31. The Labute approximate surface area is 111 Å². The first kappa shape index (κ1) is 12.3. The van der Waals surface area contributed by atoms with Crippen LogP contribution >= 0.6 is 15.9 Å². The molecule has 0 unspecified atom stereocenters. The van der Waals surface area contributed by atoms with E-state index in [-0.39, 0.29) is 0 Å². The number of halogens is 1. The van der Waals surface area contributed by atoms with Gasteiger partial charge < -0.3 is 5.32 Å². The van der Waals surface area contributed by atoms with E-state index in [0.717, 1.165) is 17.6 Å². The summed E-state index contributed by atoms with van der Waals surface area (Å²) in [5.41, 5.74) is 4.05. The lowest BCUT2D eigenvalue weighted by atomic mass is 10.1. The summed E-state index contributed by atoms with van der Waals surface area (Å²) in [7, 11) is 0. The molecule has 17 heavy (non-hydrogen) atoms. The van der Waals surface area contributed by atoms with E-state index in [1.807, 2.05) is 0 Å². The van der Waals surface area contributed by atoms with Crippen LogP contribution in [0.5, 0.6) is 0 Å². The van der Waals surface area contributed by atoms with Crippen LogP contribution in [0.1, 0.15) is 16.7 Å². The standard InChI is InChI=1S/C15H16BrN/c1-12-5-7-13(8-6-12)10-17-11-14-3-2-4-15(16)9-14/h2-9,17H,10-11H2,1H3/p+1. The van der Waals surface area contributed by atoms with Crippen molar-refractivity contribution < 1.29 is 5.32 Å². The molecule has 0 atom stereocenters. The van der Waals surface area contributed by atoms with Gasteiger partial charge in [-0.05, 0) is 19.1 Å². The molecule has 0 aromatic heterocycles. The largest absolute Gasteiger partial charge is 0.339 e. The molecule has 2 rings (SSSR count). The van der Waals surface area contributed by atoms with Gasteiger partial charge in [-0.2, -0.15) is 0 Å². The van der Waals surface area contributed by atoms with Crippen molar-refractivity contribution in [2.75, 3.05) is 0 Å². The minimum atomic E-state index is 1.02. The second-order valence-corrected chi connectivity index (χ2v) is 5.23. The van der Waals surface area contributed by atoms with E-state index >= 15 is 0 Å². The zero-order valence-electron chi connectivity index (χ0n) is 9.99. The van der Waals surface area contributed by atoms with Crippen molar-refractivity contribution >= 4 is 15.9 Å². The fourth-order valence-corrected chi connectivity index (χ4v) is 2.24. The highest BCUT2D eigenvalue weighted by Crippen LogP contribution is 2.10. The molecule has 0 amide bonds. The van der Waals surface area contributed by atoms with Crippen molar-refractivity contribution in [1.82, 2.24) is 0 Å². The van der Waals surface area contributed by atoms with Crippen molar-refractivity contribution in [2.24, 2.45) is 0 Å². The van der Waals surface area contributed by atoms with Gasteiger partial charge in [-0.1, -0.05) is 57.9 Å². The Bertz CT molecular complexity index is 477. The molecule has 0 heterocycles. The molecule has 2 heteroatoms. The van der Waals surface area contributed by atoms with Gasteiger partial charge in [0.25, 0.3) is 0 Å². The molecule has 2 N–H and O–H groups in total. The number of rotatable bonds is 4. The molecule has 0 fully saturated rings. The number of hydrogen-bond donors (Lipinski definition) is 1. The second kappa shape index (κ2) is 5.99. The molecule has 2 aromatic carbocycles. The van der Waals surface area contributed by atoms with Crippen molar-refractivity contribution in [3.05, 3.63) is 69.7 Å². The van der Waals surface area contributed by atoms with Gasteiger partial charge in [-0.15, -0.1) is 0 Å². The third kappa shape index (κ3) is 3.99. The Balaban J connectivity index is 1.85. The molecular weight excluding hydrogens is 274 g/mol. The molecule has 0 aliphatic carbocycles. The Kier molecular flexibility index (Phi) is 4.35. The summed E-state index contributed by atoms with van der Waals surface area (Å²) in [5, 5.41) is 2.33. The third-order valence-corrected chi connectivity index (χ3v) is 3.26. The highest BCUT2D eigenvalue weighted by Gasteiger charge is 1.98. The molecule has 0 saturated heterocycles. The Hall–Kier alpha value is -1.12. The van der Waals surface area contributed by atoms with Crippen molar-refractivity contribution in [3.63, 3.8) is 0 Å². The SMILES string of the molecule is Cc1ccc(C[NH2+]Cc2cccc(Br)c2)cc1. The van der Waals surface area contributed by atoms with Crippen molar-refractivity contribution in [2.45, 2.75) is 20.0 Å². The van der Waals surface area contributed by atoms with Gasteiger partial charge in [0, 0.05) is 15.6 Å². The summed E-state index contributed by atoms with van der Waals surface area (Å²) in [6.45, 7) is 4.18. The molecule has 0 saturated carbocycles. The molecule has 88 valence electrons. The van der Waals surface area contributed by atoms with Gasteiger partial charge >= 0.3 is 0 Å². The predicted molar refractivity (Wildman–Crippen MR) is 74.7 cm³/mol. The summed E-state index contributed by atoms with van der Waals surface area (Å²) >= 11 is 3.49. The van der Waals surface area contributed by atoms with Crippen LogP contribution in [0.25, 0.3) is 0 Å². The van der Waals surface area contributed by atoms with Gasteiger partial charge in [0.1, 0.15) is 13.1 Å². The Morgan fingerprint density at radius 1 is 0.941 bits per heavy atom. The van der Waals surface area contributed by atoms with Crippen LogP contribution in [0.15, 0.2) is 53.0 Å². The maximum Gasteiger partial charge on any atom is 0.102 e. The zero-order chi connectivity index (χ0) is 12.1. The lowest BCUT2D eigenvalue weighted by molar-refractivity contribution is -0.686. The average Bonchev–Trinajstić information content (AvgIpc) is 2.32. The van der Waals surface area contributed by atoms with Crippen LogP contribution in [0.4, 0.5) is 0 Å². The number of nitrogens with two attached hydrogens (primary N) is 1. The summed E-state index contributed by atoms with van der Waals surface area (Å²) < 4.78 is 1.15. The van der Waals surface area contributed by atoms with E-state index in [4.69, 9.17) is 0 Å². The fourth-order valence-electron chi connectivity index (χ4n) is 1.79. The van der Waals surface area contributed by atoms with E-state index in [2.05, 4.69) is 76.7 Å². The molecule has 0 bridgehead atoms. The zero-order valence-corrected chi connectivity index (χ0v) is 11.6. The minimum Gasteiger partial charge on any atom is -0.339 e. The van der Waals surface area contributed by atoms with E-state index in [1.54, 1.807) is 0 Å². The first-order valence-electron chi connectivity index (χ1n) is 5.86. The topological polar surface area (TPSA) is 16.6 Å². The molecule has 0 radical (unpaired) electrons. The van der Waals surface area contributed by atoms with Gasteiger partial charge in [0.05, 0.1) is 0 Å². The van der Waals surface area contributed by atoms with Gasteiger partial charge in [0.15, 0.2) is 0 Å². The van der Waals surface area contributed by atoms with Crippen LogP contribution in [-0.2, 0) is 13.1 Å². The van der Waals surface area contributed by atoms with Crippen LogP contribution in [0.2, 0.25) is 0 Å². The average molecular weight is 291 g/mol. The lowest BCUT2D eigenvalue weighted by Gasteiger charge is -2.03. The first-order valence-corrected chi connectivity index (χ1v) is 6.65. The monoisotopic (exact) mass is 290 g/mol. The molecule has 1 nitrogen and oxygen atoms in total. The van der Waals surface area contributed by atoms with Crippen LogP contribution in [-0.4, -0.2) is 0 Å². The first-order chi connectivity index (χ1) is 8.24. The highest BCUT2D eigenvalue weighted by atomic mass is 79.9. The van der Waals surface area contributed by atoms with Crippen molar-refractivity contribution in [1.29, 1.82) is 0 Å². The van der Waals surface area contributed by atoms with E-state index < -0.39 is 0 Å². The smallest absolute Gasteiger partial charge is 0.102 e. The van der Waals surface area contributed by atoms with Gasteiger partial charge in [0.2, 0.25) is 0 Å². The third-order valence-electron chi connectivity index (χ3n) is 2.77. The number of hydrogen-bond acceptors (Lipinski definition) is 0. The Morgan fingerprint density at radius 2 is 1.65 bits per heavy atom. The van der Waals surface area contributed by atoms with E-state index in [1.165, 1.54) is 16.7 Å². The minimum absolute atomic E-state index is 1.02. The van der Waals surface area contributed by atoms with Crippen LogP contribution in [0, 0.1) is 6.92 Å². The summed E-state index contributed by atoms with van der Waals surface area (Å²) in [6.07, 6.45) is 0. The molecule has 2 aromatic rings. The number of benzene rings is 2.